The summed E-state index contributed by atoms with van der Waals surface area (Å²) in [6, 6.07) is 12.6. The van der Waals surface area contributed by atoms with E-state index >= 15 is 0 Å². The van der Waals surface area contributed by atoms with Crippen LogP contribution in [0.4, 0.5) is 5.69 Å². The fourth-order valence-corrected chi connectivity index (χ4v) is 2.27. The van der Waals surface area contributed by atoms with Crippen molar-refractivity contribution >= 4 is 23.1 Å². The minimum Gasteiger partial charge on any atom is -0.236 e. The lowest BCUT2D eigenvalue weighted by atomic mass is 10.0. The molecular formula is C19H14N4. The van der Waals surface area contributed by atoms with Gasteiger partial charge in [-0.2, -0.15) is 0 Å². The van der Waals surface area contributed by atoms with Gasteiger partial charge in [0.1, 0.15) is 11.9 Å². The van der Waals surface area contributed by atoms with E-state index in [2.05, 4.69) is 15.3 Å². The van der Waals surface area contributed by atoms with Crippen LogP contribution in [-0.2, 0) is 0 Å². The van der Waals surface area contributed by atoms with Crippen LogP contribution in [0.25, 0.3) is 22.2 Å². The van der Waals surface area contributed by atoms with Crippen molar-refractivity contribution in [3.05, 3.63) is 78.7 Å². The van der Waals surface area contributed by atoms with Gasteiger partial charge in [0.25, 0.3) is 0 Å². The van der Waals surface area contributed by atoms with E-state index in [0.29, 0.717) is 11.3 Å². The van der Waals surface area contributed by atoms with Crippen LogP contribution in [0, 0.1) is 0 Å². The van der Waals surface area contributed by atoms with Crippen LogP contribution in [0.1, 0.15) is 6.85 Å². The molecule has 1 aromatic heterocycles. The van der Waals surface area contributed by atoms with Crippen LogP contribution < -0.4 is 0 Å². The summed E-state index contributed by atoms with van der Waals surface area (Å²) in [5.74, 6) is 0. The first-order valence-electron chi connectivity index (χ1n) is 9.49. The zero-order valence-corrected chi connectivity index (χ0v) is 12.0. The van der Waals surface area contributed by atoms with Gasteiger partial charge in [-0.05, 0) is 23.8 Å². The molecule has 23 heavy (non-hydrogen) atoms. The predicted octanol–water partition coefficient (Wildman–Crippen LogP) is 4.31. The maximum absolute atomic E-state index is 8.20. The van der Waals surface area contributed by atoms with Crippen LogP contribution in [0.2, 0.25) is 0 Å². The third kappa shape index (κ3) is 2.62. The Balaban J connectivity index is 1.85. The average Bonchev–Trinajstić information content (AvgIpc) is 3.13. The standard InChI is InChI=1S/C19H14N4/c1-2-8-15(9-3-1)16-10-4-5-11-17(16)20-14-23-19-13-7-6-12-18(19)21-22-23/h1-14H/i1D,2D,3D,8D,9D. The van der Waals surface area contributed by atoms with Crippen molar-refractivity contribution < 1.29 is 6.85 Å². The molecular weight excluding hydrogens is 284 g/mol. The van der Waals surface area contributed by atoms with Gasteiger partial charge in [-0.15, -0.1) is 5.10 Å². The molecule has 3 aromatic carbocycles. The Morgan fingerprint density at radius 3 is 2.65 bits per heavy atom. The Morgan fingerprint density at radius 2 is 1.74 bits per heavy atom. The lowest BCUT2D eigenvalue weighted by Gasteiger charge is -2.05. The van der Waals surface area contributed by atoms with Crippen LogP contribution in [-0.4, -0.2) is 21.3 Å². The summed E-state index contributed by atoms with van der Waals surface area (Å²) in [7, 11) is 0. The molecule has 0 N–H and O–H groups in total. The molecule has 4 rings (SSSR count). The lowest BCUT2D eigenvalue weighted by molar-refractivity contribution is 0.876. The highest BCUT2D eigenvalue weighted by Crippen LogP contribution is 2.29. The molecule has 0 radical (unpaired) electrons. The van der Waals surface area contributed by atoms with Crippen LogP contribution >= 0.6 is 0 Å². The summed E-state index contributed by atoms with van der Waals surface area (Å²) >= 11 is 0. The summed E-state index contributed by atoms with van der Waals surface area (Å²) < 4.78 is 41.5. The van der Waals surface area contributed by atoms with E-state index in [1.807, 2.05) is 24.3 Å². The smallest absolute Gasteiger partial charge is 0.120 e. The van der Waals surface area contributed by atoms with Gasteiger partial charge in [0.05, 0.1) is 18.1 Å². The van der Waals surface area contributed by atoms with Crippen molar-refractivity contribution in [3.8, 4) is 11.1 Å². The highest BCUT2D eigenvalue weighted by Gasteiger charge is 2.04. The van der Waals surface area contributed by atoms with E-state index in [1.165, 1.54) is 11.0 Å². The van der Waals surface area contributed by atoms with Crippen LogP contribution in [0.5, 0.6) is 0 Å². The van der Waals surface area contributed by atoms with Crippen molar-refractivity contribution in [2.45, 2.75) is 0 Å². The monoisotopic (exact) mass is 303 g/mol. The molecule has 0 saturated carbocycles. The Hall–Kier alpha value is -3.27. The number of benzene rings is 3. The summed E-state index contributed by atoms with van der Waals surface area (Å²) in [6.45, 7) is 0. The molecule has 110 valence electrons. The molecule has 0 unspecified atom stereocenters. The first-order valence-corrected chi connectivity index (χ1v) is 6.99. The largest absolute Gasteiger partial charge is 0.236 e. The maximum atomic E-state index is 8.20. The number of rotatable bonds is 3. The Kier molecular flexibility index (Phi) is 2.29. The molecule has 4 aromatic rings. The maximum Gasteiger partial charge on any atom is 0.120 e. The average molecular weight is 303 g/mol. The third-order valence-electron chi connectivity index (χ3n) is 3.36. The molecule has 0 aliphatic heterocycles. The summed E-state index contributed by atoms with van der Waals surface area (Å²) in [6.07, 6.45) is 1.49. The fraction of sp³-hybridized carbons (Fsp3) is 0. The molecule has 0 saturated heterocycles. The number of para-hydroxylation sites is 2. The highest BCUT2D eigenvalue weighted by atomic mass is 15.4. The Bertz CT molecular complexity index is 1200. The summed E-state index contributed by atoms with van der Waals surface area (Å²) in [5.41, 5.74) is 2.53. The van der Waals surface area contributed by atoms with Gasteiger partial charge in [0.2, 0.25) is 0 Å². The van der Waals surface area contributed by atoms with Crippen LogP contribution in [0.15, 0.2) is 83.7 Å². The van der Waals surface area contributed by atoms with E-state index in [0.717, 1.165) is 11.0 Å². The van der Waals surface area contributed by atoms with Crippen LogP contribution in [0.3, 0.4) is 0 Å². The van der Waals surface area contributed by atoms with Gasteiger partial charge in [-0.1, -0.05) is 65.8 Å². The molecule has 4 nitrogen and oxygen atoms in total. The van der Waals surface area contributed by atoms with E-state index in [4.69, 9.17) is 6.85 Å². The summed E-state index contributed by atoms with van der Waals surface area (Å²) in [4.78, 5) is 4.44. The number of nitrogens with zero attached hydrogens (tertiary/aromatic N) is 4. The SMILES string of the molecule is [2H]c1c([2H])c([2H])c(-c2ccccc2N=Cn2nnc3ccccc32)c([2H])c1[2H]. The predicted molar refractivity (Wildman–Crippen MR) is 93.0 cm³/mol. The van der Waals surface area contributed by atoms with E-state index in [-0.39, 0.29) is 29.7 Å². The molecule has 0 aliphatic rings. The molecule has 0 spiro atoms. The molecule has 0 atom stereocenters. The Morgan fingerprint density at radius 1 is 0.957 bits per heavy atom. The lowest BCUT2D eigenvalue weighted by Crippen LogP contribution is -1.97. The van der Waals surface area contributed by atoms with Crippen molar-refractivity contribution in [1.29, 1.82) is 0 Å². The second-order valence-electron chi connectivity index (χ2n) is 4.78. The molecule has 0 fully saturated rings. The Labute approximate surface area is 140 Å². The summed E-state index contributed by atoms with van der Waals surface area (Å²) in [5, 5.41) is 8.11. The van der Waals surface area contributed by atoms with Gasteiger partial charge in [-0.3, -0.25) is 0 Å². The van der Waals surface area contributed by atoms with Gasteiger partial charge in [0.15, 0.2) is 0 Å². The van der Waals surface area contributed by atoms with E-state index < -0.39 is 6.04 Å². The second kappa shape index (κ2) is 5.85. The normalized spacial score (nSPS) is 14.3. The van der Waals surface area contributed by atoms with Gasteiger partial charge in [0, 0.05) is 5.56 Å². The van der Waals surface area contributed by atoms with Crippen molar-refractivity contribution in [2.24, 2.45) is 4.99 Å². The van der Waals surface area contributed by atoms with Gasteiger partial charge >= 0.3 is 0 Å². The van der Waals surface area contributed by atoms with E-state index in [9.17, 15) is 0 Å². The van der Waals surface area contributed by atoms with Crippen molar-refractivity contribution in [3.63, 3.8) is 0 Å². The van der Waals surface area contributed by atoms with Gasteiger partial charge < -0.3 is 0 Å². The quantitative estimate of drug-likeness (QED) is 0.418. The zero-order chi connectivity index (χ0) is 19.8. The second-order valence-corrected chi connectivity index (χ2v) is 4.78. The molecule has 0 amide bonds. The van der Waals surface area contributed by atoms with E-state index in [1.54, 1.807) is 24.3 Å². The number of aliphatic imine (C=N–C) groups is 1. The number of hydrogen-bond donors (Lipinski definition) is 0. The molecule has 4 heteroatoms. The molecule has 0 bridgehead atoms. The number of hydrogen-bond acceptors (Lipinski definition) is 3. The third-order valence-corrected chi connectivity index (χ3v) is 3.36. The first-order chi connectivity index (χ1) is 13.5. The van der Waals surface area contributed by atoms with Crippen molar-refractivity contribution in [2.75, 3.05) is 0 Å². The first kappa shape index (κ1) is 9.00. The van der Waals surface area contributed by atoms with Gasteiger partial charge in [-0.25, -0.2) is 9.67 Å². The minimum atomic E-state index is -0.422. The number of aromatic nitrogens is 3. The minimum absolute atomic E-state index is 0.113. The molecule has 1 heterocycles. The zero-order valence-electron chi connectivity index (χ0n) is 17.0. The highest BCUT2D eigenvalue weighted by molar-refractivity contribution is 5.84. The number of fused-ring (bicyclic) bond motifs is 1. The topological polar surface area (TPSA) is 43.1 Å². The molecule has 0 aliphatic carbocycles. The fourth-order valence-electron chi connectivity index (χ4n) is 2.27. The van der Waals surface area contributed by atoms with Crippen molar-refractivity contribution in [1.82, 2.24) is 15.0 Å².